The minimum atomic E-state index is -3.66. The number of benzene rings is 1. The summed E-state index contributed by atoms with van der Waals surface area (Å²) in [6, 6.07) is 6.29. The third kappa shape index (κ3) is 3.09. The van der Waals surface area contributed by atoms with E-state index in [1.807, 2.05) is 0 Å². The number of sulfonamides is 1. The van der Waals surface area contributed by atoms with Crippen molar-refractivity contribution in [2.24, 2.45) is 0 Å². The number of hydrogen-bond acceptors (Lipinski definition) is 6. The van der Waals surface area contributed by atoms with E-state index in [9.17, 15) is 13.2 Å². The first-order chi connectivity index (χ1) is 9.99. The Morgan fingerprint density at radius 2 is 2.10 bits per heavy atom. The highest BCUT2D eigenvalue weighted by molar-refractivity contribution is 7.89. The lowest BCUT2D eigenvalue weighted by Crippen LogP contribution is -2.24. The highest BCUT2D eigenvalue weighted by Crippen LogP contribution is 2.18. The summed E-state index contributed by atoms with van der Waals surface area (Å²) in [5.74, 6) is -0.839. The zero-order chi connectivity index (χ0) is 15.5. The predicted octanol–water partition coefficient (Wildman–Crippen LogP) is 0.352. The number of hydrogen-bond donors (Lipinski definition) is 1. The van der Waals surface area contributed by atoms with Crippen molar-refractivity contribution in [2.75, 3.05) is 13.7 Å². The van der Waals surface area contributed by atoms with Crippen molar-refractivity contribution in [1.29, 1.82) is 0 Å². The van der Waals surface area contributed by atoms with E-state index in [0.29, 0.717) is 5.69 Å². The van der Waals surface area contributed by atoms with E-state index in [2.05, 4.69) is 19.5 Å². The Balaban J connectivity index is 2.50. The average Bonchev–Trinajstić information content (AvgIpc) is 2.96. The Morgan fingerprint density at radius 3 is 2.76 bits per heavy atom. The SMILES string of the molecule is CCNS(=O)(=O)c1ccccc1-n1cnc(C(=O)OC)n1. The minimum Gasteiger partial charge on any atom is -0.463 e. The fourth-order valence-electron chi connectivity index (χ4n) is 1.71. The third-order valence-electron chi connectivity index (χ3n) is 2.60. The van der Waals surface area contributed by atoms with Gasteiger partial charge in [0.1, 0.15) is 11.2 Å². The maximum atomic E-state index is 12.2. The average molecular weight is 310 g/mol. The van der Waals surface area contributed by atoms with E-state index >= 15 is 0 Å². The van der Waals surface area contributed by atoms with Crippen molar-refractivity contribution in [2.45, 2.75) is 11.8 Å². The van der Waals surface area contributed by atoms with Gasteiger partial charge in [-0.15, -0.1) is 5.10 Å². The lowest BCUT2D eigenvalue weighted by atomic mass is 10.3. The van der Waals surface area contributed by atoms with E-state index in [1.165, 1.54) is 24.2 Å². The number of carbonyl (C=O) groups is 1. The van der Waals surface area contributed by atoms with Crippen LogP contribution in [0.5, 0.6) is 0 Å². The molecule has 1 aromatic carbocycles. The molecule has 1 heterocycles. The molecule has 0 aliphatic heterocycles. The molecule has 2 rings (SSSR count). The van der Waals surface area contributed by atoms with Crippen LogP contribution in [0, 0.1) is 0 Å². The number of nitrogens with one attached hydrogen (secondary N) is 1. The van der Waals surface area contributed by atoms with Gasteiger partial charge in [-0.05, 0) is 12.1 Å². The van der Waals surface area contributed by atoms with Crippen LogP contribution in [-0.4, -0.2) is 42.8 Å². The quantitative estimate of drug-likeness (QED) is 0.799. The van der Waals surface area contributed by atoms with E-state index in [0.717, 1.165) is 0 Å². The van der Waals surface area contributed by atoms with Crippen molar-refractivity contribution in [3.8, 4) is 5.69 Å². The molecule has 0 bridgehead atoms. The second-order valence-corrected chi connectivity index (χ2v) is 5.71. The molecular formula is C12H14N4O4S. The first-order valence-electron chi connectivity index (χ1n) is 6.08. The summed E-state index contributed by atoms with van der Waals surface area (Å²) in [5, 5.41) is 3.92. The highest BCUT2D eigenvalue weighted by atomic mass is 32.2. The van der Waals surface area contributed by atoms with Crippen LogP contribution >= 0.6 is 0 Å². The number of para-hydroxylation sites is 1. The Morgan fingerprint density at radius 1 is 1.38 bits per heavy atom. The van der Waals surface area contributed by atoms with Crippen LogP contribution in [-0.2, 0) is 14.8 Å². The Hall–Kier alpha value is -2.26. The molecule has 0 radical (unpaired) electrons. The molecule has 0 spiro atoms. The first kappa shape index (κ1) is 15.1. The normalized spacial score (nSPS) is 11.3. The minimum absolute atomic E-state index is 0.0492. The molecule has 1 aromatic heterocycles. The highest BCUT2D eigenvalue weighted by Gasteiger charge is 2.20. The summed E-state index contributed by atoms with van der Waals surface area (Å²) in [6.07, 6.45) is 1.26. The molecule has 0 aliphatic carbocycles. The summed E-state index contributed by atoms with van der Waals surface area (Å²) >= 11 is 0. The largest absolute Gasteiger partial charge is 0.463 e. The van der Waals surface area contributed by atoms with Gasteiger partial charge in [0.15, 0.2) is 0 Å². The van der Waals surface area contributed by atoms with Crippen LogP contribution in [0.2, 0.25) is 0 Å². The molecule has 1 N–H and O–H groups in total. The molecule has 0 amide bonds. The van der Waals surface area contributed by atoms with Gasteiger partial charge in [0.05, 0.1) is 12.8 Å². The predicted molar refractivity (Wildman–Crippen MR) is 73.6 cm³/mol. The van der Waals surface area contributed by atoms with Crippen LogP contribution in [0.1, 0.15) is 17.5 Å². The second-order valence-electron chi connectivity index (χ2n) is 3.97. The van der Waals surface area contributed by atoms with Crippen molar-refractivity contribution < 1.29 is 17.9 Å². The molecule has 21 heavy (non-hydrogen) atoms. The Labute approximate surface area is 121 Å². The summed E-state index contributed by atoms with van der Waals surface area (Å²) in [7, 11) is -2.45. The van der Waals surface area contributed by atoms with Crippen LogP contribution in [0.4, 0.5) is 0 Å². The Kier molecular flexibility index (Phi) is 4.34. The van der Waals surface area contributed by atoms with E-state index in [1.54, 1.807) is 25.1 Å². The number of nitrogens with zero attached hydrogens (tertiary/aromatic N) is 3. The van der Waals surface area contributed by atoms with Crippen molar-refractivity contribution in [3.05, 3.63) is 36.4 Å². The molecule has 9 heteroatoms. The Bertz CT molecular complexity index is 754. The van der Waals surface area contributed by atoms with Gasteiger partial charge in [0.2, 0.25) is 10.0 Å². The van der Waals surface area contributed by atoms with Gasteiger partial charge < -0.3 is 4.74 Å². The lowest BCUT2D eigenvalue weighted by Gasteiger charge is -2.09. The molecule has 112 valence electrons. The van der Waals surface area contributed by atoms with Crippen LogP contribution in [0.25, 0.3) is 5.69 Å². The van der Waals surface area contributed by atoms with E-state index in [4.69, 9.17) is 0 Å². The monoisotopic (exact) mass is 310 g/mol. The molecular weight excluding hydrogens is 296 g/mol. The number of rotatable bonds is 5. The van der Waals surface area contributed by atoms with Gasteiger partial charge in [0.25, 0.3) is 5.82 Å². The molecule has 2 aromatic rings. The topological polar surface area (TPSA) is 103 Å². The molecule has 0 fully saturated rings. The molecule has 0 unspecified atom stereocenters. The van der Waals surface area contributed by atoms with Crippen LogP contribution in [0.15, 0.2) is 35.5 Å². The molecule has 0 atom stereocenters. The summed E-state index contributed by atoms with van der Waals surface area (Å²) in [5.41, 5.74) is 0.293. The zero-order valence-corrected chi connectivity index (χ0v) is 12.3. The number of esters is 1. The van der Waals surface area contributed by atoms with Gasteiger partial charge in [-0.1, -0.05) is 19.1 Å². The fourth-order valence-corrected chi connectivity index (χ4v) is 2.94. The third-order valence-corrected chi connectivity index (χ3v) is 4.19. The van der Waals surface area contributed by atoms with Crippen LogP contribution < -0.4 is 4.72 Å². The van der Waals surface area contributed by atoms with Gasteiger partial charge in [-0.3, -0.25) is 0 Å². The number of methoxy groups -OCH3 is 1. The molecule has 0 aliphatic rings. The summed E-state index contributed by atoms with van der Waals surface area (Å²) in [6.45, 7) is 1.95. The second kappa shape index (κ2) is 6.02. The standard InChI is InChI=1S/C12H14N4O4S/c1-3-14-21(18,19)10-7-5-4-6-9(10)16-8-13-11(15-16)12(17)20-2/h4-8,14H,3H2,1-2H3. The fraction of sp³-hybridized carbons (Fsp3) is 0.250. The number of aromatic nitrogens is 3. The van der Waals surface area contributed by atoms with E-state index < -0.39 is 16.0 Å². The first-order valence-corrected chi connectivity index (χ1v) is 7.57. The van der Waals surface area contributed by atoms with Crippen LogP contribution in [0.3, 0.4) is 0 Å². The van der Waals surface area contributed by atoms with E-state index in [-0.39, 0.29) is 17.3 Å². The summed E-state index contributed by atoms with van der Waals surface area (Å²) < 4.78 is 32.5. The maximum absolute atomic E-state index is 12.2. The van der Waals surface area contributed by atoms with Gasteiger partial charge in [-0.2, -0.15) is 0 Å². The maximum Gasteiger partial charge on any atom is 0.377 e. The summed E-state index contributed by atoms with van der Waals surface area (Å²) in [4.78, 5) is 15.2. The van der Waals surface area contributed by atoms with Gasteiger partial charge >= 0.3 is 5.97 Å². The lowest BCUT2D eigenvalue weighted by molar-refractivity contribution is 0.0587. The van der Waals surface area contributed by atoms with Crippen molar-refractivity contribution in [3.63, 3.8) is 0 Å². The number of ether oxygens (including phenoxy) is 1. The van der Waals surface area contributed by atoms with Crippen molar-refractivity contribution >= 4 is 16.0 Å². The van der Waals surface area contributed by atoms with Gasteiger partial charge in [-0.25, -0.2) is 27.6 Å². The molecule has 0 saturated heterocycles. The van der Waals surface area contributed by atoms with Crippen molar-refractivity contribution in [1.82, 2.24) is 19.5 Å². The van der Waals surface area contributed by atoms with Gasteiger partial charge in [0, 0.05) is 6.54 Å². The molecule has 8 nitrogen and oxygen atoms in total. The number of carbonyl (C=O) groups excluding carboxylic acids is 1. The molecule has 0 saturated carbocycles. The smallest absolute Gasteiger partial charge is 0.377 e. The zero-order valence-electron chi connectivity index (χ0n) is 11.5.